The summed E-state index contributed by atoms with van der Waals surface area (Å²) in [5.41, 5.74) is 10.4. The van der Waals surface area contributed by atoms with Gasteiger partial charge in [0.1, 0.15) is 11.5 Å². The average Bonchev–Trinajstić information content (AvgIpc) is 3.13. The third-order valence-corrected chi connectivity index (χ3v) is 9.02. The quantitative estimate of drug-likeness (QED) is 0.199. The van der Waals surface area contributed by atoms with Gasteiger partial charge >= 0.3 is 0 Å². The van der Waals surface area contributed by atoms with Gasteiger partial charge in [-0.15, -0.1) is 0 Å². The fourth-order valence-electron chi connectivity index (χ4n) is 6.76. The predicted octanol–water partition coefficient (Wildman–Crippen LogP) is 12.6. The number of nitrogens with zero attached hydrogens (tertiary/aromatic N) is 1. The van der Waals surface area contributed by atoms with Crippen LogP contribution in [0.3, 0.4) is 0 Å². The summed E-state index contributed by atoms with van der Waals surface area (Å²) in [6, 6.07) is 62.7. The number of hydrogen-bond donors (Lipinski definition) is 0. The summed E-state index contributed by atoms with van der Waals surface area (Å²) in [6.07, 6.45) is 0. The van der Waals surface area contributed by atoms with Crippen LogP contribution >= 0.6 is 0 Å². The third kappa shape index (κ3) is 4.51. The van der Waals surface area contributed by atoms with Crippen molar-refractivity contribution < 1.29 is 4.74 Å². The lowest BCUT2D eigenvalue weighted by atomic mass is 9.92. The van der Waals surface area contributed by atoms with E-state index in [4.69, 9.17) is 4.74 Å². The molecule has 2 heteroatoms. The highest BCUT2D eigenvalue weighted by Gasteiger charge is 2.21. The Morgan fingerprint density at radius 2 is 0.957 bits per heavy atom. The number of fused-ring (bicyclic) bond motifs is 3. The maximum atomic E-state index is 6.37. The van der Waals surface area contributed by atoms with Crippen molar-refractivity contribution in [1.29, 1.82) is 0 Å². The minimum Gasteiger partial charge on any atom is -0.456 e. The lowest BCUT2D eigenvalue weighted by Crippen LogP contribution is -2.09. The van der Waals surface area contributed by atoms with Crippen molar-refractivity contribution in [3.63, 3.8) is 0 Å². The Hall–Kier alpha value is -6.12. The highest BCUT2D eigenvalue weighted by atomic mass is 16.5. The first kappa shape index (κ1) is 26.3. The molecule has 0 amide bonds. The topological polar surface area (TPSA) is 12.5 Å². The van der Waals surface area contributed by atoms with Crippen LogP contribution in [-0.4, -0.2) is 0 Å². The molecular weight excluding hydrogens is 558 g/mol. The van der Waals surface area contributed by atoms with Crippen molar-refractivity contribution in [3.05, 3.63) is 176 Å². The molecule has 46 heavy (non-hydrogen) atoms. The highest BCUT2D eigenvalue weighted by molar-refractivity contribution is 6.04. The molecule has 0 saturated heterocycles. The fraction of sp³-hybridized carbons (Fsp3) is 0. The standard InChI is InChI=1S/C44H29NO/c1-2-14-37(15-3-1)45(38-24-21-31(22-25-38)35-20-19-30-9-4-5-10-33(30)27-35)39-16-6-13-34(28-39)36-23-26-42-41(29-36)40-17-7-11-32-12-8-18-43(46-42)44(32)40/h1-29H. The zero-order valence-corrected chi connectivity index (χ0v) is 25.1. The minimum absolute atomic E-state index is 0.892. The van der Waals surface area contributed by atoms with Crippen LogP contribution in [0.1, 0.15) is 0 Å². The summed E-state index contributed by atoms with van der Waals surface area (Å²) in [4.78, 5) is 2.33. The highest BCUT2D eigenvalue weighted by Crippen LogP contribution is 2.48. The molecule has 0 spiro atoms. The second-order valence-electron chi connectivity index (χ2n) is 11.8. The molecule has 0 N–H and O–H groups in total. The number of para-hydroxylation sites is 1. The Balaban J connectivity index is 1.11. The summed E-state index contributed by atoms with van der Waals surface area (Å²) in [5, 5.41) is 4.87. The molecule has 1 aliphatic heterocycles. The van der Waals surface area contributed by atoms with Crippen LogP contribution in [-0.2, 0) is 0 Å². The van der Waals surface area contributed by atoms with E-state index in [-0.39, 0.29) is 0 Å². The first-order valence-corrected chi connectivity index (χ1v) is 15.7. The minimum atomic E-state index is 0.892. The van der Waals surface area contributed by atoms with Crippen molar-refractivity contribution in [3.8, 4) is 44.9 Å². The molecule has 9 rings (SSSR count). The SMILES string of the molecule is c1ccc(N(c2ccc(-c3ccc4ccccc4c3)cc2)c2cccc(-c3ccc4c(c3)-c3cccc5cccc(c35)O4)c2)cc1. The van der Waals surface area contributed by atoms with Crippen LogP contribution in [0.15, 0.2) is 176 Å². The van der Waals surface area contributed by atoms with Crippen LogP contribution in [0, 0.1) is 0 Å². The maximum absolute atomic E-state index is 6.37. The van der Waals surface area contributed by atoms with E-state index in [2.05, 4.69) is 181 Å². The van der Waals surface area contributed by atoms with Crippen molar-refractivity contribution >= 4 is 38.6 Å². The van der Waals surface area contributed by atoms with E-state index < -0.39 is 0 Å². The smallest absolute Gasteiger partial charge is 0.135 e. The zero-order valence-electron chi connectivity index (χ0n) is 25.1. The van der Waals surface area contributed by atoms with Gasteiger partial charge in [-0.3, -0.25) is 0 Å². The molecule has 0 unspecified atom stereocenters. The predicted molar refractivity (Wildman–Crippen MR) is 193 cm³/mol. The molecule has 0 bridgehead atoms. The van der Waals surface area contributed by atoms with Gasteiger partial charge in [-0.1, -0.05) is 115 Å². The van der Waals surface area contributed by atoms with E-state index in [1.165, 1.54) is 38.2 Å². The molecule has 2 nitrogen and oxygen atoms in total. The molecular formula is C44H29NO. The van der Waals surface area contributed by atoms with Crippen molar-refractivity contribution in [2.45, 2.75) is 0 Å². The lowest BCUT2D eigenvalue weighted by molar-refractivity contribution is 0.487. The molecule has 0 fully saturated rings. The summed E-state index contributed by atoms with van der Waals surface area (Å²) in [6.45, 7) is 0. The molecule has 0 atom stereocenters. The molecule has 8 aromatic rings. The molecule has 0 aliphatic carbocycles. The molecule has 0 aromatic heterocycles. The Morgan fingerprint density at radius 3 is 1.83 bits per heavy atom. The molecule has 8 aromatic carbocycles. The van der Waals surface area contributed by atoms with Crippen LogP contribution in [0.4, 0.5) is 17.1 Å². The Kier molecular flexibility index (Phi) is 6.17. The van der Waals surface area contributed by atoms with E-state index in [1.54, 1.807) is 0 Å². The molecule has 216 valence electrons. The second-order valence-corrected chi connectivity index (χ2v) is 11.8. The number of hydrogen-bond acceptors (Lipinski definition) is 2. The van der Waals surface area contributed by atoms with Gasteiger partial charge in [0.25, 0.3) is 0 Å². The first-order valence-electron chi connectivity index (χ1n) is 15.7. The van der Waals surface area contributed by atoms with Crippen molar-refractivity contribution in [2.75, 3.05) is 4.90 Å². The van der Waals surface area contributed by atoms with Gasteiger partial charge in [0.2, 0.25) is 0 Å². The molecule has 1 aliphatic rings. The molecule has 0 saturated carbocycles. The Morgan fingerprint density at radius 1 is 0.326 bits per heavy atom. The van der Waals surface area contributed by atoms with Crippen LogP contribution in [0.2, 0.25) is 0 Å². The van der Waals surface area contributed by atoms with E-state index in [9.17, 15) is 0 Å². The number of ether oxygens (including phenoxy) is 1. The van der Waals surface area contributed by atoms with Gasteiger partial charge in [0.05, 0.1) is 0 Å². The molecule has 0 radical (unpaired) electrons. The van der Waals surface area contributed by atoms with Gasteiger partial charge in [-0.2, -0.15) is 0 Å². The largest absolute Gasteiger partial charge is 0.456 e. The summed E-state index contributed by atoms with van der Waals surface area (Å²) in [7, 11) is 0. The Labute approximate surface area is 268 Å². The van der Waals surface area contributed by atoms with Gasteiger partial charge in [-0.05, 0) is 105 Å². The normalized spacial score (nSPS) is 11.7. The van der Waals surface area contributed by atoms with Gasteiger partial charge in [0.15, 0.2) is 0 Å². The maximum Gasteiger partial charge on any atom is 0.135 e. The third-order valence-electron chi connectivity index (χ3n) is 9.02. The van der Waals surface area contributed by atoms with Gasteiger partial charge in [-0.25, -0.2) is 0 Å². The second kappa shape index (κ2) is 10.8. The van der Waals surface area contributed by atoms with Crippen LogP contribution < -0.4 is 9.64 Å². The van der Waals surface area contributed by atoms with E-state index in [0.717, 1.165) is 45.3 Å². The van der Waals surface area contributed by atoms with Crippen LogP contribution in [0.5, 0.6) is 11.5 Å². The van der Waals surface area contributed by atoms with E-state index >= 15 is 0 Å². The first-order chi connectivity index (χ1) is 22.8. The fourth-order valence-corrected chi connectivity index (χ4v) is 6.76. The van der Waals surface area contributed by atoms with Gasteiger partial charge in [0, 0.05) is 28.0 Å². The molecule has 1 heterocycles. The van der Waals surface area contributed by atoms with Crippen molar-refractivity contribution in [2.24, 2.45) is 0 Å². The number of rotatable bonds is 5. The van der Waals surface area contributed by atoms with Crippen molar-refractivity contribution in [1.82, 2.24) is 0 Å². The number of anilines is 3. The van der Waals surface area contributed by atoms with Gasteiger partial charge < -0.3 is 9.64 Å². The monoisotopic (exact) mass is 587 g/mol. The summed E-state index contributed by atoms with van der Waals surface area (Å²) >= 11 is 0. The summed E-state index contributed by atoms with van der Waals surface area (Å²) < 4.78 is 6.37. The van der Waals surface area contributed by atoms with Crippen LogP contribution in [0.25, 0.3) is 54.9 Å². The average molecular weight is 588 g/mol. The lowest BCUT2D eigenvalue weighted by Gasteiger charge is -2.26. The summed E-state index contributed by atoms with van der Waals surface area (Å²) in [5.74, 6) is 1.81. The van der Waals surface area contributed by atoms with E-state index in [1.807, 2.05) is 0 Å². The Bertz CT molecular complexity index is 2390. The van der Waals surface area contributed by atoms with E-state index in [0.29, 0.717) is 0 Å². The number of benzene rings is 8. The zero-order chi connectivity index (χ0) is 30.5.